The molecule has 0 saturated carbocycles. The summed E-state index contributed by atoms with van der Waals surface area (Å²) in [5, 5.41) is 0. The maximum atomic E-state index is 11.6. The van der Waals surface area contributed by atoms with Gasteiger partial charge in [0.1, 0.15) is 0 Å². The molecule has 4 nitrogen and oxygen atoms in total. The summed E-state index contributed by atoms with van der Waals surface area (Å²) in [6.45, 7) is 4.97. The van der Waals surface area contributed by atoms with Crippen LogP contribution in [0, 0.1) is 0 Å². The third kappa shape index (κ3) is 4.72. The van der Waals surface area contributed by atoms with Gasteiger partial charge in [0.2, 0.25) is 0 Å². The smallest absolute Gasteiger partial charge is 0.151 e. The minimum Gasteiger partial charge on any atom is -0.329 e. The lowest BCUT2D eigenvalue weighted by molar-refractivity contribution is 0.0921. The number of nitrogens with two attached hydrogens (primary N) is 1. The minimum atomic E-state index is -2.82. The Labute approximate surface area is 118 Å². The van der Waals surface area contributed by atoms with E-state index in [9.17, 15) is 8.42 Å². The number of rotatable bonds is 8. The molecule has 19 heavy (non-hydrogen) atoms. The number of unbranched alkanes of at least 4 members (excludes halogenated alkanes) is 3. The summed E-state index contributed by atoms with van der Waals surface area (Å²) >= 11 is 0. The average Bonchev–Trinajstić information content (AvgIpc) is 2.74. The van der Waals surface area contributed by atoms with Crippen molar-refractivity contribution in [3.05, 3.63) is 0 Å². The van der Waals surface area contributed by atoms with E-state index in [1.54, 1.807) is 0 Å². The van der Waals surface area contributed by atoms with E-state index in [4.69, 9.17) is 5.73 Å². The number of hydrogen-bond donors (Lipinski definition) is 1. The highest BCUT2D eigenvalue weighted by Gasteiger charge is 2.38. The maximum absolute atomic E-state index is 11.6. The summed E-state index contributed by atoms with van der Waals surface area (Å²) in [6, 6.07) is 0.143. The molecule has 0 aromatic heterocycles. The predicted octanol–water partition coefficient (Wildman–Crippen LogP) is 1.79. The van der Waals surface area contributed by atoms with Gasteiger partial charge in [0, 0.05) is 18.1 Å². The Hall–Kier alpha value is -0.130. The summed E-state index contributed by atoms with van der Waals surface area (Å²) in [7, 11) is -0.781. The zero-order valence-electron chi connectivity index (χ0n) is 12.7. The van der Waals surface area contributed by atoms with Crippen LogP contribution in [0.1, 0.15) is 52.4 Å². The fourth-order valence-corrected chi connectivity index (χ4v) is 4.65. The molecule has 0 amide bonds. The Morgan fingerprint density at radius 1 is 1.32 bits per heavy atom. The van der Waals surface area contributed by atoms with Gasteiger partial charge in [-0.15, -0.1) is 0 Å². The van der Waals surface area contributed by atoms with Crippen LogP contribution in [0.25, 0.3) is 0 Å². The van der Waals surface area contributed by atoms with Gasteiger partial charge in [-0.05, 0) is 26.8 Å². The van der Waals surface area contributed by atoms with Crippen molar-refractivity contribution >= 4 is 9.84 Å². The molecule has 0 aliphatic carbocycles. The summed E-state index contributed by atoms with van der Waals surface area (Å²) in [4.78, 5) is 2.23. The normalized spacial score (nSPS) is 25.6. The standard InChI is InChI=1S/C14H30N2O2S/c1-4-5-6-7-9-14(2,12-15)16(3)13-8-10-19(17,18)11-13/h13H,4-12,15H2,1-3H3. The van der Waals surface area contributed by atoms with Crippen molar-refractivity contribution in [2.75, 3.05) is 25.1 Å². The molecule has 1 aliphatic heterocycles. The van der Waals surface area contributed by atoms with Crippen molar-refractivity contribution in [2.24, 2.45) is 5.73 Å². The molecule has 0 radical (unpaired) electrons. The van der Waals surface area contributed by atoms with Crippen LogP contribution in [0.4, 0.5) is 0 Å². The van der Waals surface area contributed by atoms with Gasteiger partial charge in [-0.25, -0.2) is 8.42 Å². The lowest BCUT2D eigenvalue weighted by atomic mass is 9.91. The average molecular weight is 290 g/mol. The minimum absolute atomic E-state index is 0.0712. The molecule has 0 aromatic carbocycles. The summed E-state index contributed by atoms with van der Waals surface area (Å²) in [5.74, 6) is 0.631. The summed E-state index contributed by atoms with van der Waals surface area (Å²) in [6.07, 6.45) is 6.71. The van der Waals surface area contributed by atoms with Crippen LogP contribution >= 0.6 is 0 Å². The van der Waals surface area contributed by atoms with Crippen LogP contribution < -0.4 is 5.73 Å². The monoisotopic (exact) mass is 290 g/mol. The lowest BCUT2D eigenvalue weighted by Crippen LogP contribution is -2.54. The van der Waals surface area contributed by atoms with Crippen molar-refractivity contribution in [2.45, 2.75) is 64.0 Å². The zero-order valence-corrected chi connectivity index (χ0v) is 13.5. The van der Waals surface area contributed by atoms with Gasteiger partial charge in [-0.3, -0.25) is 4.90 Å². The van der Waals surface area contributed by atoms with Gasteiger partial charge in [-0.2, -0.15) is 0 Å². The Morgan fingerprint density at radius 2 is 2.00 bits per heavy atom. The second-order valence-electron chi connectivity index (χ2n) is 6.18. The number of likely N-dealkylation sites (N-methyl/N-ethyl adjacent to an activating group) is 1. The van der Waals surface area contributed by atoms with Crippen LogP contribution in [-0.4, -0.2) is 50.0 Å². The van der Waals surface area contributed by atoms with Crippen LogP contribution in [-0.2, 0) is 9.84 Å². The molecule has 1 aliphatic rings. The molecule has 2 atom stereocenters. The predicted molar refractivity (Wildman–Crippen MR) is 81.0 cm³/mol. The van der Waals surface area contributed by atoms with Gasteiger partial charge < -0.3 is 5.73 Å². The number of nitrogens with zero attached hydrogens (tertiary/aromatic N) is 1. The highest BCUT2D eigenvalue weighted by Crippen LogP contribution is 2.27. The Bertz CT molecular complexity index is 370. The van der Waals surface area contributed by atoms with E-state index in [0.29, 0.717) is 18.1 Å². The van der Waals surface area contributed by atoms with E-state index < -0.39 is 9.84 Å². The van der Waals surface area contributed by atoms with Gasteiger partial charge in [0.15, 0.2) is 9.84 Å². The SMILES string of the molecule is CCCCCCC(C)(CN)N(C)C1CCS(=O)(=O)C1. The lowest BCUT2D eigenvalue weighted by Gasteiger charge is -2.41. The molecule has 0 aromatic rings. The van der Waals surface area contributed by atoms with E-state index in [-0.39, 0.29) is 11.6 Å². The van der Waals surface area contributed by atoms with E-state index in [1.165, 1.54) is 25.7 Å². The second kappa shape index (κ2) is 7.04. The highest BCUT2D eigenvalue weighted by atomic mass is 32.2. The highest BCUT2D eigenvalue weighted by molar-refractivity contribution is 7.91. The van der Waals surface area contributed by atoms with Gasteiger partial charge in [0.05, 0.1) is 11.5 Å². The Balaban J connectivity index is 2.57. The van der Waals surface area contributed by atoms with Crippen LogP contribution in [0.15, 0.2) is 0 Å². The Morgan fingerprint density at radius 3 is 2.47 bits per heavy atom. The molecular weight excluding hydrogens is 260 g/mol. The van der Waals surface area contributed by atoms with E-state index >= 15 is 0 Å². The summed E-state index contributed by atoms with van der Waals surface area (Å²) < 4.78 is 23.2. The van der Waals surface area contributed by atoms with E-state index in [2.05, 4.69) is 18.7 Å². The van der Waals surface area contributed by atoms with Crippen molar-refractivity contribution in [1.82, 2.24) is 4.90 Å². The maximum Gasteiger partial charge on any atom is 0.151 e. The van der Waals surface area contributed by atoms with Crippen molar-refractivity contribution in [3.63, 3.8) is 0 Å². The quantitative estimate of drug-likeness (QED) is 0.692. The topological polar surface area (TPSA) is 63.4 Å². The van der Waals surface area contributed by atoms with Crippen molar-refractivity contribution in [3.8, 4) is 0 Å². The molecule has 0 bridgehead atoms. The van der Waals surface area contributed by atoms with E-state index in [1.807, 2.05) is 7.05 Å². The first-order valence-electron chi connectivity index (χ1n) is 7.48. The van der Waals surface area contributed by atoms with Crippen LogP contribution in [0.2, 0.25) is 0 Å². The third-order valence-corrected chi connectivity index (χ3v) is 6.37. The molecule has 1 fully saturated rings. The van der Waals surface area contributed by atoms with E-state index in [0.717, 1.165) is 12.8 Å². The molecule has 0 spiro atoms. The molecule has 2 unspecified atom stereocenters. The number of sulfone groups is 1. The first kappa shape index (κ1) is 16.9. The zero-order chi connectivity index (χ0) is 14.5. The van der Waals surface area contributed by atoms with Gasteiger partial charge in [0.25, 0.3) is 0 Å². The van der Waals surface area contributed by atoms with Crippen molar-refractivity contribution < 1.29 is 8.42 Å². The first-order valence-corrected chi connectivity index (χ1v) is 9.30. The molecule has 5 heteroatoms. The summed E-state index contributed by atoms with van der Waals surface area (Å²) in [5.41, 5.74) is 5.90. The molecule has 1 heterocycles. The molecule has 1 saturated heterocycles. The van der Waals surface area contributed by atoms with Crippen LogP contribution in [0.3, 0.4) is 0 Å². The molecule has 114 valence electrons. The molecule has 1 rings (SSSR count). The van der Waals surface area contributed by atoms with Gasteiger partial charge in [-0.1, -0.05) is 32.6 Å². The largest absolute Gasteiger partial charge is 0.329 e. The second-order valence-corrected chi connectivity index (χ2v) is 8.41. The molecular formula is C14H30N2O2S. The first-order chi connectivity index (χ1) is 8.84. The fraction of sp³-hybridized carbons (Fsp3) is 1.00. The third-order valence-electron chi connectivity index (χ3n) is 4.62. The van der Waals surface area contributed by atoms with Crippen molar-refractivity contribution in [1.29, 1.82) is 0 Å². The van der Waals surface area contributed by atoms with Crippen LogP contribution in [0.5, 0.6) is 0 Å². The Kier molecular flexibility index (Phi) is 6.27. The molecule has 2 N–H and O–H groups in total. The number of hydrogen-bond acceptors (Lipinski definition) is 4. The van der Waals surface area contributed by atoms with Gasteiger partial charge >= 0.3 is 0 Å². The fourth-order valence-electron chi connectivity index (χ4n) is 2.88.